The van der Waals surface area contributed by atoms with Gasteiger partial charge in [0.15, 0.2) is 0 Å². The Kier molecular flexibility index (Phi) is 11.0. The van der Waals surface area contributed by atoms with Crippen molar-refractivity contribution in [3.63, 3.8) is 0 Å². The third kappa shape index (κ3) is 9.29. The highest BCUT2D eigenvalue weighted by Crippen LogP contribution is 2.22. The minimum absolute atomic E-state index is 0.132. The second kappa shape index (κ2) is 14.7. The van der Waals surface area contributed by atoms with E-state index >= 15 is 0 Å². The number of carbonyl (C=O) groups excluding carboxylic acids is 3. The lowest BCUT2D eigenvalue weighted by Crippen LogP contribution is -2.41. The molecule has 3 rings (SSSR count). The molecule has 0 radical (unpaired) electrons. The highest BCUT2D eigenvalue weighted by Gasteiger charge is 2.22. The van der Waals surface area contributed by atoms with Gasteiger partial charge in [0, 0.05) is 37.7 Å². The van der Waals surface area contributed by atoms with Gasteiger partial charge in [-0.1, -0.05) is 42.8 Å². The van der Waals surface area contributed by atoms with Crippen LogP contribution in [0.4, 0.5) is 4.39 Å². The van der Waals surface area contributed by atoms with Crippen LogP contribution in [-0.4, -0.2) is 60.7 Å². The number of nitrogens with zero attached hydrogens (tertiary/aromatic N) is 1. The van der Waals surface area contributed by atoms with E-state index in [0.717, 1.165) is 24.0 Å². The largest absolute Gasteiger partial charge is 0.378 e. The molecule has 37 heavy (non-hydrogen) atoms. The van der Waals surface area contributed by atoms with Gasteiger partial charge in [-0.3, -0.25) is 19.6 Å². The number of rotatable bonds is 11. The Morgan fingerprint density at radius 3 is 2.30 bits per heavy atom. The molecule has 8 nitrogen and oxygen atoms in total. The molecule has 0 aliphatic carbocycles. The van der Waals surface area contributed by atoms with Gasteiger partial charge in [-0.05, 0) is 53.8 Å². The Balaban J connectivity index is 1.59. The van der Waals surface area contributed by atoms with E-state index in [1.54, 1.807) is 34.7 Å². The third-order valence-corrected chi connectivity index (χ3v) is 5.86. The lowest BCUT2D eigenvalue weighted by molar-refractivity contribution is -0.129. The SMILES string of the molecule is O=C(C=Cc1ccc(/C=C(/C(=O)N2CCOCC2)c2ccc(F)cc2)cc1)NCCCCCC(=O)NO. The minimum atomic E-state index is -0.413. The number of ether oxygens (including phenoxy) is 1. The Labute approximate surface area is 215 Å². The standard InChI is InChI=1S/C28H32FN3O5/c29-24-12-10-23(11-13-24)25(28(35)32-16-18-37-19-17-32)20-22-7-5-21(6-8-22)9-14-26(33)30-15-3-1-2-4-27(34)31-36/h5-14,20,36H,1-4,15-19H2,(H,30,33)(H,31,34)/b14-9?,25-20+. The first kappa shape index (κ1) is 27.8. The van der Waals surface area contributed by atoms with Crippen molar-refractivity contribution in [2.24, 2.45) is 0 Å². The number of hydrogen-bond donors (Lipinski definition) is 3. The van der Waals surface area contributed by atoms with E-state index < -0.39 is 5.91 Å². The summed E-state index contributed by atoms with van der Waals surface area (Å²) in [6, 6.07) is 13.3. The first-order valence-electron chi connectivity index (χ1n) is 12.3. The van der Waals surface area contributed by atoms with Crippen molar-refractivity contribution in [2.75, 3.05) is 32.8 Å². The molecule has 1 aliphatic rings. The van der Waals surface area contributed by atoms with Crippen LogP contribution in [0.2, 0.25) is 0 Å². The van der Waals surface area contributed by atoms with Gasteiger partial charge in [-0.15, -0.1) is 0 Å². The quantitative estimate of drug-likeness (QED) is 0.141. The molecule has 196 valence electrons. The molecule has 1 saturated heterocycles. The Bertz CT molecular complexity index is 1110. The molecular formula is C28H32FN3O5. The molecular weight excluding hydrogens is 477 g/mol. The monoisotopic (exact) mass is 509 g/mol. The van der Waals surface area contributed by atoms with E-state index in [4.69, 9.17) is 9.94 Å². The van der Waals surface area contributed by atoms with E-state index in [0.29, 0.717) is 50.4 Å². The van der Waals surface area contributed by atoms with E-state index in [1.807, 2.05) is 24.3 Å². The zero-order chi connectivity index (χ0) is 26.5. The van der Waals surface area contributed by atoms with Crippen molar-refractivity contribution in [2.45, 2.75) is 25.7 Å². The number of hydrogen-bond acceptors (Lipinski definition) is 5. The van der Waals surface area contributed by atoms with Gasteiger partial charge < -0.3 is 15.0 Å². The lowest BCUT2D eigenvalue weighted by Gasteiger charge is -2.28. The van der Waals surface area contributed by atoms with Gasteiger partial charge in [0.1, 0.15) is 5.82 Å². The molecule has 0 bridgehead atoms. The summed E-state index contributed by atoms with van der Waals surface area (Å²) >= 11 is 0. The van der Waals surface area contributed by atoms with Crippen molar-refractivity contribution >= 4 is 35.4 Å². The highest BCUT2D eigenvalue weighted by molar-refractivity contribution is 6.24. The normalized spacial score (nSPS) is 14.0. The van der Waals surface area contributed by atoms with Crippen LogP contribution in [0, 0.1) is 5.82 Å². The lowest BCUT2D eigenvalue weighted by atomic mass is 10.0. The van der Waals surface area contributed by atoms with E-state index in [2.05, 4.69) is 5.32 Å². The smallest absolute Gasteiger partial charge is 0.254 e. The number of morpholine rings is 1. The first-order chi connectivity index (χ1) is 18.0. The third-order valence-electron chi connectivity index (χ3n) is 5.86. The van der Waals surface area contributed by atoms with Crippen molar-refractivity contribution in [3.05, 3.63) is 77.1 Å². The van der Waals surface area contributed by atoms with Gasteiger partial charge in [0.2, 0.25) is 11.8 Å². The number of carbonyl (C=O) groups is 3. The zero-order valence-electron chi connectivity index (χ0n) is 20.6. The summed E-state index contributed by atoms with van der Waals surface area (Å²) < 4.78 is 18.8. The van der Waals surface area contributed by atoms with Gasteiger partial charge in [-0.2, -0.15) is 0 Å². The summed E-state index contributed by atoms with van der Waals surface area (Å²) in [7, 11) is 0. The van der Waals surface area contributed by atoms with Crippen LogP contribution in [0.1, 0.15) is 42.4 Å². The topological polar surface area (TPSA) is 108 Å². The second-order valence-corrected chi connectivity index (χ2v) is 8.61. The second-order valence-electron chi connectivity index (χ2n) is 8.61. The molecule has 0 aromatic heterocycles. The fraction of sp³-hybridized carbons (Fsp3) is 0.321. The van der Waals surface area contributed by atoms with Crippen LogP contribution in [0.5, 0.6) is 0 Å². The van der Waals surface area contributed by atoms with E-state index in [9.17, 15) is 18.8 Å². The summed E-state index contributed by atoms with van der Waals surface area (Å²) in [4.78, 5) is 38.0. The van der Waals surface area contributed by atoms with Crippen LogP contribution in [0.15, 0.2) is 54.6 Å². The maximum Gasteiger partial charge on any atom is 0.254 e. The van der Waals surface area contributed by atoms with Crippen molar-refractivity contribution in [3.8, 4) is 0 Å². The minimum Gasteiger partial charge on any atom is -0.378 e. The molecule has 9 heteroatoms. The maximum atomic E-state index is 13.5. The van der Waals surface area contributed by atoms with Crippen LogP contribution >= 0.6 is 0 Å². The van der Waals surface area contributed by atoms with Crippen LogP contribution in [0.25, 0.3) is 17.7 Å². The van der Waals surface area contributed by atoms with Crippen molar-refractivity contribution in [1.82, 2.24) is 15.7 Å². The Morgan fingerprint density at radius 2 is 1.62 bits per heavy atom. The summed E-state index contributed by atoms with van der Waals surface area (Å²) in [5, 5.41) is 11.2. The molecule has 3 amide bonds. The number of nitrogens with one attached hydrogen (secondary N) is 2. The van der Waals surface area contributed by atoms with Gasteiger partial charge in [-0.25, -0.2) is 9.87 Å². The molecule has 0 atom stereocenters. The Hall–Kier alpha value is -3.82. The molecule has 1 aliphatic heterocycles. The predicted octanol–water partition coefficient (Wildman–Crippen LogP) is 3.42. The summed E-state index contributed by atoms with van der Waals surface area (Å²) in [5.41, 5.74) is 4.33. The number of unbranched alkanes of at least 4 members (excludes halogenated alkanes) is 2. The summed E-state index contributed by atoms with van der Waals surface area (Å²) in [6.45, 7) is 2.48. The first-order valence-corrected chi connectivity index (χ1v) is 12.3. The van der Waals surface area contributed by atoms with E-state index in [1.165, 1.54) is 18.2 Å². The number of halogens is 1. The summed E-state index contributed by atoms with van der Waals surface area (Å²) in [6.07, 6.45) is 7.33. The number of benzene rings is 2. The van der Waals surface area contributed by atoms with Crippen molar-refractivity contribution in [1.29, 1.82) is 0 Å². The molecule has 0 saturated carbocycles. The summed E-state index contributed by atoms with van der Waals surface area (Å²) in [5.74, 6) is -1.13. The van der Waals surface area contributed by atoms with Crippen LogP contribution in [0.3, 0.4) is 0 Å². The average molecular weight is 510 g/mol. The maximum absolute atomic E-state index is 13.5. The average Bonchev–Trinajstić information content (AvgIpc) is 2.93. The number of hydroxylamine groups is 1. The molecule has 2 aromatic carbocycles. The molecule has 2 aromatic rings. The van der Waals surface area contributed by atoms with Gasteiger partial charge >= 0.3 is 0 Å². The molecule has 1 heterocycles. The van der Waals surface area contributed by atoms with Gasteiger partial charge in [0.05, 0.1) is 13.2 Å². The van der Waals surface area contributed by atoms with Crippen molar-refractivity contribution < 1.29 is 28.7 Å². The fourth-order valence-electron chi connectivity index (χ4n) is 3.79. The highest BCUT2D eigenvalue weighted by atomic mass is 19.1. The molecule has 0 spiro atoms. The van der Waals surface area contributed by atoms with Crippen LogP contribution < -0.4 is 10.8 Å². The number of amides is 3. The Morgan fingerprint density at radius 1 is 0.946 bits per heavy atom. The molecule has 1 fully saturated rings. The van der Waals surface area contributed by atoms with E-state index in [-0.39, 0.29) is 24.1 Å². The van der Waals surface area contributed by atoms with Crippen LogP contribution in [-0.2, 0) is 19.1 Å². The fourth-order valence-corrected chi connectivity index (χ4v) is 3.79. The predicted molar refractivity (Wildman–Crippen MR) is 139 cm³/mol. The zero-order valence-corrected chi connectivity index (χ0v) is 20.6. The van der Waals surface area contributed by atoms with Gasteiger partial charge in [0.25, 0.3) is 5.91 Å². The molecule has 3 N–H and O–H groups in total. The molecule has 0 unspecified atom stereocenters.